The number of benzene rings is 18. The summed E-state index contributed by atoms with van der Waals surface area (Å²) in [5, 5.41) is 14.4. The Bertz CT molecular complexity index is 7270. The van der Waals surface area contributed by atoms with Gasteiger partial charge in [0.15, 0.2) is 0 Å². The van der Waals surface area contributed by atoms with E-state index in [0.717, 1.165) is 61.3 Å². The lowest BCUT2D eigenvalue weighted by Crippen LogP contribution is -2.36. The standard InChI is InChI=1S/C62H40N2.C47H29NO/c1-4-18-41(19-5-1)43-32-35-50-52(38-43)60(42-20-6-2-7-21-42)48-25-10-11-26-49(48)61(50)45-34-37-57(63-40-45)44-33-36-54-51(39-44)47-24-12-13-27-53(47)62(54)55-28-14-16-30-58(55)64(46-22-8-3-9-23-46)59-31-17-15-29-56(59)62;1-3-11-30(12-4-1)34-19-22-39-42(26-34)46(31-13-5-2-6-14-31)37-17-9-10-18-38(37)47(39)36-20-23-43(48-29-36)35-21-24-44-40(27-35)41-25-32-15-7-8-16-33(32)28-45(41)49-44/h1-40H;1-29H. The van der Waals surface area contributed by atoms with Gasteiger partial charge in [0.05, 0.1) is 28.2 Å². The summed E-state index contributed by atoms with van der Waals surface area (Å²) in [6.45, 7) is 0. The summed E-state index contributed by atoms with van der Waals surface area (Å²) in [6.07, 6.45) is 4.12. The Morgan fingerprint density at radius 3 is 1.10 bits per heavy atom. The van der Waals surface area contributed by atoms with Crippen molar-refractivity contribution >= 4 is 92.9 Å². The molecule has 0 unspecified atom stereocenters. The normalized spacial score (nSPS) is 12.5. The highest BCUT2D eigenvalue weighted by Gasteiger charge is 2.51. The van der Waals surface area contributed by atoms with Gasteiger partial charge in [-0.05, 0) is 228 Å². The average Bonchev–Trinajstić information content (AvgIpc) is 1.54. The third-order valence-corrected chi connectivity index (χ3v) is 23.6. The smallest absolute Gasteiger partial charge is 0.136 e. The molecular formula is C109H69N3O. The summed E-state index contributed by atoms with van der Waals surface area (Å²) >= 11 is 0. The Morgan fingerprint density at radius 2 is 0.584 bits per heavy atom. The Hall–Kier alpha value is -14.8. The second-order valence-electron chi connectivity index (χ2n) is 29.7. The Kier molecular flexibility index (Phi) is 15.5. The second-order valence-corrected chi connectivity index (χ2v) is 29.7. The van der Waals surface area contributed by atoms with Gasteiger partial charge in [-0.25, -0.2) is 0 Å². The number of anilines is 3. The molecule has 0 bridgehead atoms. The van der Waals surface area contributed by atoms with Crippen LogP contribution in [0.2, 0.25) is 0 Å². The summed E-state index contributed by atoms with van der Waals surface area (Å²) in [5.41, 5.74) is 30.9. The van der Waals surface area contributed by atoms with Gasteiger partial charge < -0.3 is 9.32 Å². The Labute approximate surface area is 654 Å². The van der Waals surface area contributed by atoms with Gasteiger partial charge in [-0.15, -0.1) is 0 Å². The molecule has 0 saturated heterocycles. The number of aromatic nitrogens is 2. The minimum Gasteiger partial charge on any atom is -0.456 e. The molecule has 18 aromatic carbocycles. The molecule has 0 N–H and O–H groups in total. The molecule has 4 heteroatoms. The third kappa shape index (κ3) is 10.7. The van der Waals surface area contributed by atoms with Crippen LogP contribution in [-0.4, -0.2) is 9.97 Å². The van der Waals surface area contributed by atoms with E-state index in [1.807, 2.05) is 6.20 Å². The molecule has 0 fully saturated rings. The van der Waals surface area contributed by atoms with Crippen LogP contribution in [0.25, 0.3) is 176 Å². The number of nitrogens with zero attached hydrogens (tertiary/aromatic N) is 3. The van der Waals surface area contributed by atoms with E-state index in [1.165, 1.54) is 154 Å². The van der Waals surface area contributed by atoms with Crippen molar-refractivity contribution in [2.75, 3.05) is 4.90 Å². The van der Waals surface area contributed by atoms with Crippen molar-refractivity contribution in [3.63, 3.8) is 0 Å². The zero-order valence-electron chi connectivity index (χ0n) is 61.6. The first-order chi connectivity index (χ1) is 56.1. The number of hydrogen-bond acceptors (Lipinski definition) is 4. The first-order valence-corrected chi connectivity index (χ1v) is 38.8. The maximum Gasteiger partial charge on any atom is 0.136 e. The number of para-hydroxylation sites is 3. The summed E-state index contributed by atoms with van der Waals surface area (Å²) in [6, 6.07) is 147. The van der Waals surface area contributed by atoms with E-state index in [9.17, 15) is 0 Å². The molecule has 1 aliphatic carbocycles. The van der Waals surface area contributed by atoms with Crippen molar-refractivity contribution in [1.29, 1.82) is 0 Å². The van der Waals surface area contributed by atoms with Gasteiger partial charge in [-0.2, -0.15) is 0 Å². The summed E-state index contributed by atoms with van der Waals surface area (Å²) in [4.78, 5) is 12.8. The van der Waals surface area contributed by atoms with Crippen molar-refractivity contribution in [3.05, 3.63) is 441 Å². The minimum atomic E-state index is -0.491. The fraction of sp³-hybridized carbons (Fsp3) is 0.00917. The van der Waals surface area contributed by atoms with Gasteiger partial charge >= 0.3 is 0 Å². The average molecular weight is 1440 g/mol. The van der Waals surface area contributed by atoms with Gasteiger partial charge in [0, 0.05) is 51.1 Å². The van der Waals surface area contributed by atoms with Gasteiger partial charge in [0.1, 0.15) is 11.2 Å². The van der Waals surface area contributed by atoms with Gasteiger partial charge in [0.25, 0.3) is 0 Å². The van der Waals surface area contributed by atoms with E-state index in [0.29, 0.717) is 0 Å². The van der Waals surface area contributed by atoms with Crippen LogP contribution in [-0.2, 0) is 5.41 Å². The van der Waals surface area contributed by atoms with Crippen LogP contribution in [0.4, 0.5) is 17.1 Å². The lowest BCUT2D eigenvalue weighted by atomic mass is 9.64. The lowest BCUT2D eigenvalue weighted by molar-refractivity contribution is 0.669. The molecule has 526 valence electrons. The van der Waals surface area contributed by atoms with Crippen molar-refractivity contribution in [2.45, 2.75) is 5.41 Å². The number of pyridine rings is 2. The molecule has 113 heavy (non-hydrogen) atoms. The van der Waals surface area contributed by atoms with Crippen molar-refractivity contribution < 1.29 is 4.42 Å². The highest BCUT2D eigenvalue weighted by Crippen LogP contribution is 2.64. The zero-order valence-corrected chi connectivity index (χ0v) is 61.6. The summed E-state index contributed by atoms with van der Waals surface area (Å²) < 4.78 is 6.27. The highest BCUT2D eigenvalue weighted by molar-refractivity contribution is 6.24. The van der Waals surface area contributed by atoms with Crippen LogP contribution in [0, 0.1) is 0 Å². The van der Waals surface area contributed by atoms with Crippen molar-refractivity contribution in [2.24, 2.45) is 0 Å². The van der Waals surface area contributed by atoms with Crippen LogP contribution in [0.15, 0.2) is 423 Å². The molecule has 4 heterocycles. The molecule has 2 aliphatic rings. The Balaban J connectivity index is 0.000000143. The lowest BCUT2D eigenvalue weighted by Gasteiger charge is -2.45. The quantitative estimate of drug-likeness (QED) is 0.135. The van der Waals surface area contributed by atoms with Crippen LogP contribution in [0.1, 0.15) is 22.3 Å². The monoisotopic (exact) mass is 1440 g/mol. The number of rotatable bonds is 9. The van der Waals surface area contributed by atoms with Crippen LogP contribution in [0.3, 0.4) is 0 Å². The molecular weight excluding hydrogens is 1370 g/mol. The molecule has 0 amide bonds. The van der Waals surface area contributed by atoms with E-state index in [4.69, 9.17) is 14.4 Å². The highest BCUT2D eigenvalue weighted by atomic mass is 16.3. The van der Waals surface area contributed by atoms with Gasteiger partial charge in [-0.1, -0.05) is 322 Å². The maximum atomic E-state index is 6.27. The summed E-state index contributed by atoms with van der Waals surface area (Å²) in [7, 11) is 0. The van der Waals surface area contributed by atoms with E-state index in [-0.39, 0.29) is 0 Å². The van der Waals surface area contributed by atoms with Crippen LogP contribution in [0.5, 0.6) is 0 Å². The first-order valence-electron chi connectivity index (χ1n) is 38.8. The maximum absolute atomic E-state index is 6.27. The van der Waals surface area contributed by atoms with Gasteiger partial charge in [-0.3, -0.25) is 9.97 Å². The van der Waals surface area contributed by atoms with E-state index in [1.54, 1.807) is 0 Å². The van der Waals surface area contributed by atoms with Gasteiger partial charge in [0.2, 0.25) is 0 Å². The van der Waals surface area contributed by atoms with Crippen molar-refractivity contribution in [1.82, 2.24) is 9.97 Å². The molecule has 4 nitrogen and oxygen atoms in total. The summed E-state index contributed by atoms with van der Waals surface area (Å²) in [5.74, 6) is 0. The van der Waals surface area contributed by atoms with Crippen LogP contribution < -0.4 is 4.90 Å². The second kappa shape index (κ2) is 26.8. The minimum absolute atomic E-state index is 0.491. The molecule has 0 saturated carbocycles. The molecule has 1 spiro atoms. The van der Waals surface area contributed by atoms with E-state index in [2.05, 4.69) is 418 Å². The largest absolute Gasteiger partial charge is 0.456 e. The molecule has 0 atom stereocenters. The number of furan rings is 1. The molecule has 0 radical (unpaired) electrons. The third-order valence-electron chi connectivity index (χ3n) is 23.6. The van der Waals surface area contributed by atoms with Crippen molar-refractivity contribution in [3.8, 4) is 100 Å². The number of hydrogen-bond donors (Lipinski definition) is 0. The van der Waals surface area contributed by atoms with Crippen LogP contribution >= 0.6 is 0 Å². The topological polar surface area (TPSA) is 42.2 Å². The zero-order chi connectivity index (χ0) is 74.5. The molecule has 1 aliphatic heterocycles. The molecule has 21 aromatic rings. The fourth-order valence-corrected chi connectivity index (χ4v) is 18.6. The van der Waals surface area contributed by atoms with E-state index >= 15 is 0 Å². The first kappa shape index (κ1) is 65.3. The SMILES string of the molecule is c1ccc(-c2ccc3c(-c4ccc(-c5ccc6c(c5)-c5ccccc5C65c6ccccc6N(c6ccccc6)c6ccccc65)nc4)c4ccccc4c(-c4ccccc4)c3c2)cc1.c1ccc(-c2ccc3c(-c4ccc(-c5ccc6oc7cc8ccccc8cc7c6c5)nc4)c4ccccc4c(-c4ccccc4)c3c2)cc1. The Morgan fingerprint density at radius 1 is 0.212 bits per heavy atom. The van der Waals surface area contributed by atoms with E-state index < -0.39 is 5.41 Å². The predicted molar refractivity (Wildman–Crippen MR) is 472 cm³/mol. The molecule has 3 aromatic heterocycles. The molecule has 23 rings (SSSR count). The predicted octanol–water partition coefficient (Wildman–Crippen LogP) is 29.3. The number of fused-ring (bicyclic) bond motifs is 17. The fourth-order valence-electron chi connectivity index (χ4n) is 18.6.